The first-order chi connectivity index (χ1) is 6.59. The third-order valence-electron chi connectivity index (χ3n) is 3.25. The van der Waals surface area contributed by atoms with Gasteiger partial charge in [-0.25, -0.2) is 4.79 Å². The third kappa shape index (κ3) is 1.39. The lowest BCUT2D eigenvalue weighted by Gasteiger charge is -2.23. The number of aliphatic hydroxyl groups is 1. The Morgan fingerprint density at radius 2 is 2.00 bits per heavy atom. The maximum atomic E-state index is 10.4. The van der Waals surface area contributed by atoms with E-state index >= 15 is 0 Å². The van der Waals surface area contributed by atoms with Crippen molar-refractivity contribution in [1.29, 1.82) is 0 Å². The van der Waals surface area contributed by atoms with Gasteiger partial charge in [-0.1, -0.05) is 6.92 Å². The van der Waals surface area contributed by atoms with Crippen molar-refractivity contribution in [2.24, 2.45) is 11.8 Å². The lowest BCUT2D eigenvalue weighted by molar-refractivity contribution is -0.131. The van der Waals surface area contributed by atoms with Crippen molar-refractivity contribution in [3.8, 4) is 0 Å². The first-order valence-corrected chi connectivity index (χ1v) is 4.88. The molecule has 4 unspecified atom stereocenters. The highest BCUT2D eigenvalue weighted by Gasteiger charge is 2.48. The number of hydrogen-bond acceptors (Lipinski definition) is 3. The van der Waals surface area contributed by atoms with Crippen molar-refractivity contribution in [3.63, 3.8) is 0 Å². The minimum absolute atomic E-state index is 0.0191. The van der Waals surface area contributed by atoms with E-state index in [2.05, 4.69) is 0 Å². The lowest BCUT2D eigenvalue weighted by atomic mass is 9.79. The van der Waals surface area contributed by atoms with Crippen LogP contribution in [0.15, 0.2) is 11.8 Å². The molecule has 2 heterocycles. The second kappa shape index (κ2) is 3.28. The van der Waals surface area contributed by atoms with E-state index in [-0.39, 0.29) is 29.8 Å². The summed E-state index contributed by atoms with van der Waals surface area (Å²) < 4.78 is 5.61. The molecule has 0 aliphatic carbocycles. The van der Waals surface area contributed by atoms with Crippen LogP contribution in [0.1, 0.15) is 19.8 Å². The predicted octanol–water partition coefficient (Wildman–Crippen LogP) is 1.33. The molecule has 2 rings (SSSR count). The van der Waals surface area contributed by atoms with Gasteiger partial charge in [0.2, 0.25) is 0 Å². The average molecular weight is 198 g/mol. The molecule has 2 fully saturated rings. The summed E-state index contributed by atoms with van der Waals surface area (Å²) >= 11 is 0. The maximum absolute atomic E-state index is 10.4. The van der Waals surface area contributed by atoms with Gasteiger partial charge in [-0.15, -0.1) is 0 Å². The van der Waals surface area contributed by atoms with E-state index in [0.717, 1.165) is 18.9 Å². The molecule has 0 radical (unpaired) electrons. The maximum Gasteiger partial charge on any atom is 0.331 e. The zero-order valence-electron chi connectivity index (χ0n) is 8.01. The Bertz CT molecular complexity index is 282. The Labute approximate surface area is 82.2 Å². The first kappa shape index (κ1) is 9.52. The second-order valence-electron chi connectivity index (χ2n) is 4.08. The number of carbonyl (C=O) groups is 1. The molecule has 4 nitrogen and oxygen atoms in total. The highest BCUT2D eigenvalue weighted by atomic mass is 16.5. The summed E-state index contributed by atoms with van der Waals surface area (Å²) in [5.74, 6) is -1.04. The first-order valence-electron chi connectivity index (χ1n) is 4.88. The summed E-state index contributed by atoms with van der Waals surface area (Å²) in [5.41, 5.74) is 0. The Morgan fingerprint density at radius 3 is 2.50 bits per heavy atom. The van der Waals surface area contributed by atoms with Crippen LogP contribution < -0.4 is 0 Å². The lowest BCUT2D eigenvalue weighted by Crippen LogP contribution is -2.26. The standard InChI is InChI=1S/C10H14O4/c1-5-7-2-3-8(14-7)10(5)6(11)4-9(12)13/h4-5,7-8,10-11H,2-3H2,1H3,(H,12,13)/b6-4-. The minimum Gasteiger partial charge on any atom is -0.512 e. The summed E-state index contributed by atoms with van der Waals surface area (Å²) in [6.07, 6.45) is 3.06. The molecule has 0 aromatic carbocycles. The number of aliphatic hydroxyl groups excluding tert-OH is 1. The van der Waals surface area contributed by atoms with Gasteiger partial charge in [0.25, 0.3) is 0 Å². The highest BCUT2D eigenvalue weighted by Crippen LogP contribution is 2.45. The zero-order chi connectivity index (χ0) is 10.3. The van der Waals surface area contributed by atoms with Crippen LogP contribution in [0, 0.1) is 11.8 Å². The zero-order valence-corrected chi connectivity index (χ0v) is 8.01. The van der Waals surface area contributed by atoms with Crippen LogP contribution >= 0.6 is 0 Å². The van der Waals surface area contributed by atoms with Crippen LogP contribution in [-0.2, 0) is 9.53 Å². The van der Waals surface area contributed by atoms with Gasteiger partial charge in [0.05, 0.1) is 18.3 Å². The SMILES string of the molecule is CC1C2CCC(O2)C1/C(O)=C/C(=O)O. The van der Waals surface area contributed by atoms with Crippen molar-refractivity contribution < 1.29 is 19.7 Å². The number of fused-ring (bicyclic) bond motifs is 2. The average Bonchev–Trinajstić information content (AvgIpc) is 2.61. The Kier molecular flexibility index (Phi) is 2.23. The van der Waals surface area contributed by atoms with E-state index in [9.17, 15) is 9.90 Å². The molecule has 2 bridgehead atoms. The number of hydrogen-bond donors (Lipinski definition) is 2. The van der Waals surface area contributed by atoms with Crippen molar-refractivity contribution in [3.05, 3.63) is 11.8 Å². The fourth-order valence-electron chi connectivity index (χ4n) is 2.59. The number of carboxylic acids is 1. The van der Waals surface area contributed by atoms with Gasteiger partial charge in [-0.05, 0) is 18.8 Å². The van der Waals surface area contributed by atoms with E-state index in [1.54, 1.807) is 0 Å². The molecular weight excluding hydrogens is 184 g/mol. The minimum atomic E-state index is -1.10. The number of ether oxygens (including phenoxy) is 1. The molecule has 4 heteroatoms. The highest BCUT2D eigenvalue weighted by molar-refractivity contribution is 5.80. The van der Waals surface area contributed by atoms with Crippen LogP contribution in [-0.4, -0.2) is 28.4 Å². The van der Waals surface area contributed by atoms with Gasteiger partial charge >= 0.3 is 5.97 Å². The summed E-state index contributed by atoms with van der Waals surface area (Å²) in [6, 6.07) is 0. The van der Waals surface area contributed by atoms with Crippen molar-refractivity contribution in [1.82, 2.24) is 0 Å². The smallest absolute Gasteiger partial charge is 0.331 e. The molecule has 2 aliphatic rings. The fraction of sp³-hybridized carbons (Fsp3) is 0.700. The molecule has 0 amide bonds. The van der Waals surface area contributed by atoms with Crippen LogP contribution in [0.2, 0.25) is 0 Å². The quantitative estimate of drug-likeness (QED) is 0.519. The number of rotatable bonds is 2. The fourth-order valence-corrected chi connectivity index (χ4v) is 2.59. The molecular formula is C10H14O4. The molecule has 0 aromatic rings. The van der Waals surface area contributed by atoms with E-state index in [1.165, 1.54) is 0 Å². The number of carboxylic acid groups (broad SMARTS) is 1. The molecule has 0 saturated carbocycles. The molecule has 2 aliphatic heterocycles. The third-order valence-corrected chi connectivity index (χ3v) is 3.25. The normalized spacial score (nSPS) is 41.6. The second-order valence-corrected chi connectivity index (χ2v) is 4.08. The Balaban J connectivity index is 2.15. The molecule has 0 aromatic heterocycles. The molecule has 2 saturated heterocycles. The number of aliphatic carboxylic acids is 1. The molecule has 4 atom stereocenters. The molecule has 2 N–H and O–H groups in total. The van der Waals surface area contributed by atoms with Gasteiger partial charge in [0, 0.05) is 5.92 Å². The van der Waals surface area contributed by atoms with E-state index < -0.39 is 5.97 Å². The van der Waals surface area contributed by atoms with Gasteiger partial charge in [-0.2, -0.15) is 0 Å². The van der Waals surface area contributed by atoms with E-state index in [0.29, 0.717) is 0 Å². The van der Waals surface area contributed by atoms with Crippen molar-refractivity contribution in [2.45, 2.75) is 32.0 Å². The van der Waals surface area contributed by atoms with Crippen molar-refractivity contribution >= 4 is 5.97 Å². The van der Waals surface area contributed by atoms with Crippen LogP contribution in [0.25, 0.3) is 0 Å². The van der Waals surface area contributed by atoms with E-state index in [4.69, 9.17) is 9.84 Å². The van der Waals surface area contributed by atoms with Crippen molar-refractivity contribution in [2.75, 3.05) is 0 Å². The molecule has 0 spiro atoms. The Morgan fingerprint density at radius 1 is 1.36 bits per heavy atom. The van der Waals surface area contributed by atoms with Gasteiger partial charge in [0.1, 0.15) is 5.76 Å². The summed E-state index contributed by atoms with van der Waals surface area (Å²) in [7, 11) is 0. The van der Waals surface area contributed by atoms with Crippen LogP contribution in [0.3, 0.4) is 0 Å². The van der Waals surface area contributed by atoms with Gasteiger partial charge in [-0.3, -0.25) is 0 Å². The summed E-state index contributed by atoms with van der Waals surface area (Å²) in [4.78, 5) is 10.4. The molecule has 14 heavy (non-hydrogen) atoms. The van der Waals surface area contributed by atoms with Gasteiger partial charge in [0.15, 0.2) is 0 Å². The van der Waals surface area contributed by atoms with Crippen LogP contribution in [0.5, 0.6) is 0 Å². The predicted molar refractivity (Wildman–Crippen MR) is 48.9 cm³/mol. The van der Waals surface area contributed by atoms with Gasteiger partial charge < -0.3 is 14.9 Å². The summed E-state index contributed by atoms with van der Waals surface area (Å²) in [6.45, 7) is 2.00. The Hall–Kier alpha value is -1.03. The molecule has 78 valence electrons. The monoisotopic (exact) mass is 198 g/mol. The summed E-state index contributed by atoms with van der Waals surface area (Å²) in [5, 5.41) is 18.1. The topological polar surface area (TPSA) is 66.8 Å². The van der Waals surface area contributed by atoms with Crippen LogP contribution in [0.4, 0.5) is 0 Å². The largest absolute Gasteiger partial charge is 0.512 e. The van der Waals surface area contributed by atoms with E-state index in [1.807, 2.05) is 6.92 Å².